The Morgan fingerprint density at radius 1 is 0.929 bits per heavy atom. The van der Waals surface area contributed by atoms with Gasteiger partial charge in [0.1, 0.15) is 0 Å². The van der Waals surface area contributed by atoms with E-state index in [4.69, 9.17) is 0 Å². The van der Waals surface area contributed by atoms with Crippen molar-refractivity contribution in [1.29, 1.82) is 0 Å². The Balaban J connectivity index is 1.17. The maximum absolute atomic E-state index is 13.8. The van der Waals surface area contributed by atoms with Crippen molar-refractivity contribution in [2.24, 2.45) is 11.8 Å². The molecule has 1 aromatic rings. The highest BCUT2D eigenvalue weighted by Gasteiger charge is 2.37. The van der Waals surface area contributed by atoms with Crippen molar-refractivity contribution in [3.63, 3.8) is 0 Å². The number of nitrogens with one attached hydrogen (secondary N) is 1. The molecule has 5 rings (SSSR count). The average Bonchev–Trinajstić information content (AvgIpc) is 3.67. The number of carbonyl (C=O) groups is 2. The zero-order chi connectivity index (χ0) is 29.9. The van der Waals surface area contributed by atoms with Crippen molar-refractivity contribution >= 4 is 38.6 Å². The molecule has 2 aliphatic heterocycles. The van der Waals surface area contributed by atoms with Gasteiger partial charge in [0.2, 0.25) is 5.91 Å². The van der Waals surface area contributed by atoms with Gasteiger partial charge in [0.05, 0.1) is 0 Å². The van der Waals surface area contributed by atoms with E-state index < -0.39 is 10.2 Å². The zero-order valence-corrected chi connectivity index (χ0v) is 27.2. The lowest BCUT2D eigenvalue weighted by Gasteiger charge is -2.44. The number of hydrogen-bond donors (Lipinski definition) is 1. The molecule has 2 aliphatic carbocycles. The summed E-state index contributed by atoms with van der Waals surface area (Å²) in [7, 11) is -0.266. The van der Waals surface area contributed by atoms with Gasteiger partial charge in [-0.2, -0.15) is 17.0 Å². The number of anilines is 1. The van der Waals surface area contributed by atoms with Crippen LogP contribution in [0.5, 0.6) is 0 Å². The van der Waals surface area contributed by atoms with E-state index in [1.165, 1.54) is 19.9 Å². The van der Waals surface area contributed by atoms with E-state index in [-0.39, 0.29) is 24.0 Å². The predicted molar refractivity (Wildman–Crippen MR) is 165 cm³/mol. The van der Waals surface area contributed by atoms with Crippen LogP contribution >= 0.6 is 11.3 Å². The summed E-state index contributed by atoms with van der Waals surface area (Å²) in [6, 6.07) is 0.279. The summed E-state index contributed by atoms with van der Waals surface area (Å²) < 4.78 is 27.6. The van der Waals surface area contributed by atoms with Crippen LogP contribution in [-0.4, -0.2) is 114 Å². The van der Waals surface area contributed by atoms with Crippen LogP contribution in [0.1, 0.15) is 76.0 Å². The normalized spacial score (nSPS) is 25.7. The zero-order valence-electron chi connectivity index (χ0n) is 25.5. The highest BCUT2D eigenvalue weighted by Crippen LogP contribution is 2.33. The van der Waals surface area contributed by atoms with Crippen molar-refractivity contribution in [2.75, 3.05) is 58.7 Å². The van der Waals surface area contributed by atoms with Gasteiger partial charge in [0.15, 0.2) is 5.13 Å². The fourth-order valence-corrected chi connectivity index (χ4v) is 9.04. The van der Waals surface area contributed by atoms with Crippen LogP contribution in [0.25, 0.3) is 0 Å². The third-order valence-electron chi connectivity index (χ3n) is 9.75. The smallest absolute Gasteiger partial charge is 0.324 e. The molecule has 0 spiro atoms. The molecule has 42 heavy (non-hydrogen) atoms. The first kappa shape index (κ1) is 31.6. The Kier molecular flexibility index (Phi) is 10.4. The van der Waals surface area contributed by atoms with E-state index in [0.717, 1.165) is 82.2 Å². The first-order valence-electron chi connectivity index (χ1n) is 15.8. The summed E-state index contributed by atoms with van der Waals surface area (Å²) in [5, 5.41) is 3.73. The predicted octanol–water partition coefficient (Wildman–Crippen LogP) is 3.66. The molecule has 4 fully saturated rings. The topological polar surface area (TPSA) is 109 Å². The van der Waals surface area contributed by atoms with Crippen LogP contribution < -0.4 is 5.32 Å². The van der Waals surface area contributed by atoms with Gasteiger partial charge in [-0.25, -0.2) is 9.78 Å². The SMILES string of the molecule is CC1CCC(N(C(=O)Nc2ncc(CN3CCN(S(=O)(=O)N(C)C)CC3)s2)C2CCN(C(=O)C3CCCC3)CC2)CC1. The summed E-state index contributed by atoms with van der Waals surface area (Å²) in [5.74, 6) is 1.22. The molecule has 0 bridgehead atoms. The Morgan fingerprint density at radius 3 is 2.17 bits per heavy atom. The number of hydrogen-bond acceptors (Lipinski definition) is 7. The molecule has 1 N–H and O–H groups in total. The summed E-state index contributed by atoms with van der Waals surface area (Å²) >= 11 is 1.49. The molecule has 13 heteroatoms. The van der Waals surface area contributed by atoms with Crippen LogP contribution in [0.4, 0.5) is 9.93 Å². The average molecular weight is 624 g/mol. The van der Waals surface area contributed by atoms with Gasteiger partial charge in [-0.1, -0.05) is 19.8 Å². The quantitative estimate of drug-likeness (QED) is 0.474. The summed E-state index contributed by atoms with van der Waals surface area (Å²) in [6.07, 6.45) is 12.2. The minimum atomic E-state index is -3.39. The van der Waals surface area contributed by atoms with Crippen LogP contribution in [0.15, 0.2) is 6.20 Å². The van der Waals surface area contributed by atoms with E-state index in [2.05, 4.69) is 27.0 Å². The van der Waals surface area contributed by atoms with Crippen LogP contribution in [0.2, 0.25) is 0 Å². The van der Waals surface area contributed by atoms with E-state index in [0.29, 0.717) is 49.7 Å². The number of likely N-dealkylation sites (tertiary alicyclic amines) is 1. The fraction of sp³-hybridized carbons (Fsp3) is 0.828. The molecule has 4 aliphatic rings. The molecule has 3 heterocycles. The molecule has 236 valence electrons. The Labute approximate surface area is 255 Å². The van der Waals surface area contributed by atoms with Crippen molar-refractivity contribution in [1.82, 2.24) is 28.3 Å². The molecule has 3 amide bonds. The number of aromatic nitrogens is 1. The standard InChI is InChI=1S/C29H49N7O4S2/c1-22-8-10-24(11-9-22)36(25-12-14-34(15-13-25)27(37)23-6-4-5-7-23)29(38)31-28-30-20-26(41-28)21-33-16-18-35(19-17-33)42(39,40)32(2)3/h20,22-25H,4-19,21H2,1-3H3,(H,30,31,38). The number of piperidine rings is 1. The second-order valence-corrected chi connectivity index (χ2v) is 16.1. The van der Waals surface area contributed by atoms with Gasteiger partial charge in [-0.3, -0.25) is 15.0 Å². The number of piperazine rings is 1. The van der Waals surface area contributed by atoms with Crippen molar-refractivity contribution in [3.8, 4) is 0 Å². The van der Waals surface area contributed by atoms with Crippen LogP contribution in [-0.2, 0) is 21.5 Å². The number of carbonyl (C=O) groups excluding carboxylic acids is 2. The van der Waals surface area contributed by atoms with E-state index in [1.54, 1.807) is 14.1 Å². The molecule has 2 saturated carbocycles. The van der Waals surface area contributed by atoms with Crippen molar-refractivity contribution < 1.29 is 18.0 Å². The van der Waals surface area contributed by atoms with E-state index in [9.17, 15) is 18.0 Å². The molecule has 0 radical (unpaired) electrons. The summed E-state index contributed by atoms with van der Waals surface area (Å²) in [5.41, 5.74) is 0. The molecule has 0 aromatic carbocycles. The highest BCUT2D eigenvalue weighted by atomic mass is 32.2. The van der Waals surface area contributed by atoms with Gasteiger partial charge in [-0.15, -0.1) is 11.3 Å². The van der Waals surface area contributed by atoms with Crippen LogP contribution in [0, 0.1) is 11.8 Å². The lowest BCUT2D eigenvalue weighted by molar-refractivity contribution is -0.136. The molecule has 2 saturated heterocycles. The van der Waals surface area contributed by atoms with Gasteiger partial charge in [-0.05, 0) is 57.3 Å². The monoisotopic (exact) mass is 623 g/mol. The second kappa shape index (κ2) is 13.9. The lowest BCUT2D eigenvalue weighted by Crippen LogP contribution is -2.54. The Morgan fingerprint density at radius 2 is 1.55 bits per heavy atom. The molecular formula is C29H49N7O4S2. The minimum absolute atomic E-state index is 0.0708. The number of rotatable bonds is 8. The van der Waals surface area contributed by atoms with Crippen LogP contribution in [0.3, 0.4) is 0 Å². The second-order valence-electron chi connectivity index (χ2n) is 12.9. The Hall–Kier alpha value is -1.80. The first-order chi connectivity index (χ1) is 20.1. The summed E-state index contributed by atoms with van der Waals surface area (Å²) in [4.78, 5) is 38.8. The number of amides is 3. The van der Waals surface area contributed by atoms with Gasteiger partial charge < -0.3 is 9.80 Å². The fourth-order valence-electron chi connectivity index (χ4n) is 7.11. The number of nitrogens with zero attached hydrogens (tertiary/aromatic N) is 6. The number of thiazole rings is 1. The maximum Gasteiger partial charge on any atom is 0.324 e. The lowest BCUT2D eigenvalue weighted by atomic mass is 9.85. The maximum atomic E-state index is 13.8. The molecular weight excluding hydrogens is 574 g/mol. The first-order valence-corrected chi connectivity index (χ1v) is 18.1. The minimum Gasteiger partial charge on any atom is -0.342 e. The van der Waals surface area contributed by atoms with Gasteiger partial charge in [0.25, 0.3) is 10.2 Å². The van der Waals surface area contributed by atoms with Crippen molar-refractivity contribution in [2.45, 2.75) is 89.8 Å². The summed E-state index contributed by atoms with van der Waals surface area (Å²) in [6.45, 7) is 6.68. The molecule has 11 nitrogen and oxygen atoms in total. The number of urea groups is 1. The van der Waals surface area contributed by atoms with Gasteiger partial charge >= 0.3 is 6.03 Å². The largest absolute Gasteiger partial charge is 0.342 e. The Bertz CT molecular complexity index is 1160. The molecule has 0 unspecified atom stereocenters. The molecule has 1 aromatic heterocycles. The van der Waals surface area contributed by atoms with E-state index in [1.807, 2.05) is 11.1 Å². The van der Waals surface area contributed by atoms with Gasteiger partial charge in [0, 0.05) is 89.0 Å². The molecule has 0 atom stereocenters. The van der Waals surface area contributed by atoms with Crippen molar-refractivity contribution in [3.05, 3.63) is 11.1 Å². The van der Waals surface area contributed by atoms with E-state index >= 15 is 0 Å². The highest BCUT2D eigenvalue weighted by molar-refractivity contribution is 7.86. The third-order valence-corrected chi connectivity index (χ3v) is 12.6. The third kappa shape index (κ3) is 7.46.